The van der Waals surface area contributed by atoms with E-state index in [0.717, 1.165) is 30.6 Å². The van der Waals surface area contributed by atoms with Gasteiger partial charge in [-0.15, -0.1) is 0 Å². The fourth-order valence-corrected chi connectivity index (χ4v) is 3.02. The van der Waals surface area contributed by atoms with Crippen molar-refractivity contribution in [1.82, 2.24) is 0 Å². The van der Waals surface area contributed by atoms with E-state index in [-0.39, 0.29) is 18.2 Å². The van der Waals surface area contributed by atoms with E-state index in [2.05, 4.69) is 6.92 Å². The zero-order valence-electron chi connectivity index (χ0n) is 10.4. The summed E-state index contributed by atoms with van der Waals surface area (Å²) in [6.45, 7) is 2.11. The molecule has 0 aromatic heterocycles. The molecular formula is C14H18ClNO2. The first-order valence-corrected chi connectivity index (χ1v) is 6.88. The molecule has 2 heterocycles. The van der Waals surface area contributed by atoms with Gasteiger partial charge in [0.2, 0.25) is 0 Å². The van der Waals surface area contributed by atoms with E-state index in [1.54, 1.807) is 0 Å². The molecule has 18 heavy (non-hydrogen) atoms. The summed E-state index contributed by atoms with van der Waals surface area (Å²) in [6, 6.07) is 5.63. The largest absolute Gasteiger partial charge is 0.487 e. The van der Waals surface area contributed by atoms with Crippen LogP contribution in [0.4, 0.5) is 0 Å². The first kappa shape index (κ1) is 12.3. The first-order valence-electron chi connectivity index (χ1n) is 6.50. The molecule has 2 aliphatic heterocycles. The molecule has 0 spiro atoms. The van der Waals surface area contributed by atoms with Gasteiger partial charge in [-0.2, -0.15) is 0 Å². The minimum absolute atomic E-state index is 0.0167. The van der Waals surface area contributed by atoms with Gasteiger partial charge >= 0.3 is 0 Å². The highest BCUT2D eigenvalue weighted by molar-refractivity contribution is 6.30. The molecule has 4 heteroatoms. The van der Waals surface area contributed by atoms with Gasteiger partial charge < -0.3 is 15.2 Å². The maximum absolute atomic E-state index is 6.21. The summed E-state index contributed by atoms with van der Waals surface area (Å²) in [5.74, 6) is 0.853. The number of hydrogen-bond donors (Lipinski definition) is 1. The number of benzene rings is 1. The molecule has 1 aromatic rings. The molecule has 0 aliphatic carbocycles. The summed E-state index contributed by atoms with van der Waals surface area (Å²) in [4.78, 5) is 0. The van der Waals surface area contributed by atoms with Crippen LogP contribution in [0.5, 0.6) is 5.75 Å². The summed E-state index contributed by atoms with van der Waals surface area (Å²) < 4.78 is 11.9. The second-order valence-electron chi connectivity index (χ2n) is 5.24. The van der Waals surface area contributed by atoms with E-state index in [1.165, 1.54) is 0 Å². The molecule has 0 saturated carbocycles. The van der Waals surface area contributed by atoms with Crippen LogP contribution in [0, 0.1) is 0 Å². The second-order valence-corrected chi connectivity index (χ2v) is 5.68. The molecule has 1 saturated heterocycles. The molecular weight excluding hydrogens is 250 g/mol. The van der Waals surface area contributed by atoms with E-state index >= 15 is 0 Å². The topological polar surface area (TPSA) is 44.5 Å². The van der Waals surface area contributed by atoms with Crippen LogP contribution in [0.2, 0.25) is 5.02 Å². The molecule has 0 radical (unpaired) electrons. The molecule has 3 nitrogen and oxygen atoms in total. The van der Waals surface area contributed by atoms with Gasteiger partial charge in [0.1, 0.15) is 11.9 Å². The molecule has 4 atom stereocenters. The summed E-state index contributed by atoms with van der Waals surface area (Å²) in [5, 5.41) is 0.706. The Labute approximate surface area is 112 Å². The Bertz CT molecular complexity index is 451. The highest BCUT2D eigenvalue weighted by Gasteiger charge is 2.36. The summed E-state index contributed by atoms with van der Waals surface area (Å²) in [6.07, 6.45) is 3.54. The highest BCUT2D eigenvalue weighted by Crippen LogP contribution is 2.38. The van der Waals surface area contributed by atoms with E-state index in [0.29, 0.717) is 11.1 Å². The van der Waals surface area contributed by atoms with Crippen molar-refractivity contribution in [3.05, 3.63) is 28.8 Å². The molecule has 0 bridgehead atoms. The van der Waals surface area contributed by atoms with Crippen molar-refractivity contribution in [3.8, 4) is 5.75 Å². The van der Waals surface area contributed by atoms with E-state index in [4.69, 9.17) is 26.8 Å². The molecule has 3 rings (SSSR count). The predicted octanol–water partition coefficient (Wildman–Crippen LogP) is 3.06. The van der Waals surface area contributed by atoms with Crippen LogP contribution in [-0.2, 0) is 4.74 Å². The third kappa shape index (κ3) is 2.22. The van der Waals surface area contributed by atoms with Gasteiger partial charge in [0.15, 0.2) is 0 Å². The van der Waals surface area contributed by atoms with Gasteiger partial charge in [0.25, 0.3) is 0 Å². The monoisotopic (exact) mass is 267 g/mol. The lowest BCUT2D eigenvalue weighted by Crippen LogP contribution is -2.38. The Balaban J connectivity index is 1.81. The fourth-order valence-electron chi connectivity index (χ4n) is 2.84. The number of rotatable bonds is 1. The minimum Gasteiger partial charge on any atom is -0.487 e. The molecule has 1 fully saturated rings. The Morgan fingerprint density at radius 2 is 2.11 bits per heavy atom. The number of hydrogen-bond acceptors (Lipinski definition) is 3. The lowest BCUT2D eigenvalue weighted by atomic mass is 9.94. The van der Waals surface area contributed by atoms with Crippen LogP contribution in [0.1, 0.15) is 37.8 Å². The maximum Gasteiger partial charge on any atom is 0.127 e. The van der Waals surface area contributed by atoms with Crippen LogP contribution < -0.4 is 10.5 Å². The molecule has 2 N–H and O–H groups in total. The third-order valence-corrected chi connectivity index (χ3v) is 4.05. The molecule has 98 valence electrons. The number of fused-ring (bicyclic) bond motifs is 1. The van der Waals surface area contributed by atoms with Gasteiger partial charge in [-0.25, -0.2) is 0 Å². The van der Waals surface area contributed by atoms with Crippen molar-refractivity contribution in [3.63, 3.8) is 0 Å². The SMILES string of the molecule is CC1CCC(C2C[C@@H](N)c3cc(Cl)ccc3O2)O1. The average molecular weight is 268 g/mol. The smallest absolute Gasteiger partial charge is 0.127 e. The predicted molar refractivity (Wildman–Crippen MR) is 71.0 cm³/mol. The van der Waals surface area contributed by atoms with Crippen LogP contribution in [-0.4, -0.2) is 18.3 Å². The van der Waals surface area contributed by atoms with Crippen molar-refractivity contribution in [1.29, 1.82) is 0 Å². The number of ether oxygens (including phenoxy) is 2. The Kier molecular flexibility index (Phi) is 3.22. The van der Waals surface area contributed by atoms with Gasteiger partial charge in [-0.05, 0) is 38.0 Å². The van der Waals surface area contributed by atoms with Crippen molar-refractivity contribution in [2.75, 3.05) is 0 Å². The van der Waals surface area contributed by atoms with Crippen LogP contribution in [0.15, 0.2) is 18.2 Å². The van der Waals surface area contributed by atoms with Crippen molar-refractivity contribution >= 4 is 11.6 Å². The van der Waals surface area contributed by atoms with E-state index < -0.39 is 0 Å². The van der Waals surface area contributed by atoms with Crippen molar-refractivity contribution in [2.45, 2.75) is 50.5 Å². The zero-order chi connectivity index (χ0) is 12.7. The molecule has 0 amide bonds. The lowest BCUT2D eigenvalue weighted by Gasteiger charge is -2.33. The van der Waals surface area contributed by atoms with Crippen LogP contribution in [0.3, 0.4) is 0 Å². The van der Waals surface area contributed by atoms with E-state index in [9.17, 15) is 0 Å². The Hall–Kier alpha value is -0.770. The van der Waals surface area contributed by atoms with Gasteiger partial charge in [0.05, 0.1) is 12.2 Å². The lowest BCUT2D eigenvalue weighted by molar-refractivity contribution is -0.0281. The van der Waals surface area contributed by atoms with Crippen LogP contribution >= 0.6 is 11.6 Å². The standard InChI is InChI=1S/C14H18ClNO2/c1-8-2-4-13(17-8)14-7-11(16)10-6-9(15)3-5-12(10)18-14/h3,5-6,8,11,13-14H,2,4,7,16H2,1H3/t8?,11-,13?,14?/m1/s1. The first-order chi connectivity index (χ1) is 8.63. The zero-order valence-corrected chi connectivity index (χ0v) is 11.2. The van der Waals surface area contributed by atoms with Gasteiger partial charge in [-0.3, -0.25) is 0 Å². The Morgan fingerprint density at radius 3 is 2.83 bits per heavy atom. The molecule has 3 unspecified atom stereocenters. The minimum atomic E-state index is -0.0167. The Morgan fingerprint density at radius 1 is 1.28 bits per heavy atom. The summed E-state index contributed by atoms with van der Waals surface area (Å²) in [7, 11) is 0. The van der Waals surface area contributed by atoms with E-state index in [1.807, 2.05) is 18.2 Å². The maximum atomic E-state index is 6.21. The summed E-state index contributed by atoms with van der Waals surface area (Å²) >= 11 is 5.99. The third-order valence-electron chi connectivity index (χ3n) is 3.82. The highest BCUT2D eigenvalue weighted by atomic mass is 35.5. The molecule has 2 aliphatic rings. The van der Waals surface area contributed by atoms with Gasteiger partial charge in [-0.1, -0.05) is 11.6 Å². The second kappa shape index (κ2) is 4.72. The van der Waals surface area contributed by atoms with Crippen molar-refractivity contribution in [2.24, 2.45) is 5.73 Å². The molecule has 1 aromatic carbocycles. The van der Waals surface area contributed by atoms with Crippen molar-refractivity contribution < 1.29 is 9.47 Å². The number of halogens is 1. The fraction of sp³-hybridized carbons (Fsp3) is 0.571. The summed E-state index contributed by atoms with van der Waals surface area (Å²) in [5.41, 5.74) is 7.22. The van der Waals surface area contributed by atoms with Crippen LogP contribution in [0.25, 0.3) is 0 Å². The normalized spacial score (nSPS) is 35.1. The van der Waals surface area contributed by atoms with Gasteiger partial charge in [0, 0.05) is 23.0 Å². The quantitative estimate of drug-likeness (QED) is 0.851. The average Bonchev–Trinajstić information content (AvgIpc) is 2.77. The number of nitrogens with two attached hydrogens (primary N) is 1.